The fourth-order valence-electron chi connectivity index (χ4n) is 2.35. The van der Waals surface area contributed by atoms with Crippen LogP contribution < -0.4 is 5.73 Å². The van der Waals surface area contributed by atoms with Crippen LogP contribution in [0.3, 0.4) is 0 Å². The zero-order chi connectivity index (χ0) is 11.3. The Morgan fingerprint density at radius 3 is 2.73 bits per heavy atom. The van der Waals surface area contributed by atoms with E-state index >= 15 is 0 Å². The molecule has 1 aliphatic rings. The van der Waals surface area contributed by atoms with Crippen molar-refractivity contribution in [2.24, 2.45) is 11.7 Å². The molecule has 1 saturated heterocycles. The van der Waals surface area contributed by atoms with Gasteiger partial charge in [0.1, 0.15) is 0 Å². The van der Waals surface area contributed by atoms with Crippen LogP contribution in [0, 0.1) is 5.92 Å². The van der Waals surface area contributed by atoms with Crippen LogP contribution in [0.15, 0.2) is 0 Å². The number of aliphatic hydroxyl groups excluding tert-OH is 1. The van der Waals surface area contributed by atoms with E-state index in [1.54, 1.807) is 0 Å². The molecule has 3 heteroatoms. The van der Waals surface area contributed by atoms with Crippen LogP contribution in [0.1, 0.15) is 39.5 Å². The molecule has 1 heterocycles. The van der Waals surface area contributed by atoms with Gasteiger partial charge in [0.15, 0.2) is 0 Å². The molecule has 0 saturated carbocycles. The van der Waals surface area contributed by atoms with Gasteiger partial charge in [-0.25, -0.2) is 0 Å². The number of nitrogens with two attached hydrogens (primary N) is 1. The third kappa shape index (κ3) is 4.49. The van der Waals surface area contributed by atoms with Gasteiger partial charge in [0, 0.05) is 12.1 Å². The highest BCUT2D eigenvalue weighted by molar-refractivity contribution is 4.83. The third-order valence-electron chi connectivity index (χ3n) is 3.46. The average Bonchev–Trinajstić information content (AvgIpc) is 2.43. The maximum absolute atomic E-state index is 9.14. The van der Waals surface area contributed by atoms with Crippen molar-refractivity contribution in [2.45, 2.75) is 45.1 Å². The van der Waals surface area contributed by atoms with Gasteiger partial charge in [0.25, 0.3) is 0 Å². The first-order chi connectivity index (χ1) is 7.07. The molecule has 2 atom stereocenters. The van der Waals surface area contributed by atoms with Gasteiger partial charge in [-0.05, 0) is 45.2 Å². The minimum atomic E-state index is -0.438. The Morgan fingerprint density at radius 1 is 1.40 bits per heavy atom. The van der Waals surface area contributed by atoms with Gasteiger partial charge in [0.05, 0.1) is 6.61 Å². The van der Waals surface area contributed by atoms with Crippen molar-refractivity contribution in [1.82, 2.24) is 4.90 Å². The van der Waals surface area contributed by atoms with E-state index in [1.807, 2.05) is 6.92 Å². The van der Waals surface area contributed by atoms with E-state index in [-0.39, 0.29) is 6.61 Å². The van der Waals surface area contributed by atoms with E-state index in [9.17, 15) is 0 Å². The minimum Gasteiger partial charge on any atom is -0.394 e. The molecule has 0 aromatic rings. The van der Waals surface area contributed by atoms with E-state index in [0.717, 1.165) is 25.6 Å². The maximum Gasteiger partial charge on any atom is 0.0621 e. The monoisotopic (exact) mass is 214 g/mol. The summed E-state index contributed by atoms with van der Waals surface area (Å²) in [6.07, 6.45) is 5.22. The molecule has 0 bridgehead atoms. The number of nitrogens with zero attached hydrogens (tertiary/aromatic N) is 1. The predicted octanol–water partition coefficient (Wildman–Crippen LogP) is 1.21. The van der Waals surface area contributed by atoms with Crippen LogP contribution in [0.2, 0.25) is 0 Å². The largest absolute Gasteiger partial charge is 0.394 e. The minimum absolute atomic E-state index is 0.0701. The first kappa shape index (κ1) is 12.9. The van der Waals surface area contributed by atoms with Gasteiger partial charge in [-0.15, -0.1) is 0 Å². The molecule has 1 fully saturated rings. The Balaban J connectivity index is 2.37. The maximum atomic E-state index is 9.14. The van der Waals surface area contributed by atoms with E-state index in [1.165, 1.54) is 25.7 Å². The van der Waals surface area contributed by atoms with Gasteiger partial charge in [-0.3, -0.25) is 0 Å². The summed E-state index contributed by atoms with van der Waals surface area (Å²) < 4.78 is 0. The van der Waals surface area contributed by atoms with Crippen LogP contribution in [0.5, 0.6) is 0 Å². The second-order valence-corrected chi connectivity index (χ2v) is 5.29. The number of likely N-dealkylation sites (tertiary alicyclic amines) is 1. The molecule has 0 radical (unpaired) electrons. The van der Waals surface area contributed by atoms with Crippen LogP contribution in [-0.2, 0) is 0 Å². The first-order valence-electron chi connectivity index (χ1n) is 6.19. The summed E-state index contributed by atoms with van der Waals surface area (Å²) in [7, 11) is 0. The second kappa shape index (κ2) is 5.83. The summed E-state index contributed by atoms with van der Waals surface area (Å²) in [5, 5.41) is 9.14. The Labute approximate surface area is 93.6 Å². The molecule has 0 aliphatic carbocycles. The zero-order valence-electron chi connectivity index (χ0n) is 10.2. The summed E-state index contributed by atoms with van der Waals surface area (Å²) in [5.74, 6) is 0.896. The molecule has 1 aliphatic heterocycles. The van der Waals surface area contributed by atoms with Gasteiger partial charge in [0.2, 0.25) is 0 Å². The van der Waals surface area contributed by atoms with Crippen molar-refractivity contribution in [3.63, 3.8) is 0 Å². The SMILES string of the molecule is CCC1CCCN(CC(C)(N)CO)CC1. The van der Waals surface area contributed by atoms with Gasteiger partial charge >= 0.3 is 0 Å². The Hall–Kier alpha value is -0.120. The lowest BCUT2D eigenvalue weighted by Crippen LogP contribution is -2.50. The van der Waals surface area contributed by atoms with Crippen molar-refractivity contribution in [1.29, 1.82) is 0 Å². The van der Waals surface area contributed by atoms with E-state index in [4.69, 9.17) is 10.8 Å². The molecule has 0 spiro atoms. The summed E-state index contributed by atoms with van der Waals surface area (Å²) >= 11 is 0. The highest BCUT2D eigenvalue weighted by atomic mass is 16.3. The van der Waals surface area contributed by atoms with E-state index in [2.05, 4.69) is 11.8 Å². The number of hydrogen-bond acceptors (Lipinski definition) is 3. The van der Waals surface area contributed by atoms with Crippen molar-refractivity contribution < 1.29 is 5.11 Å². The van der Waals surface area contributed by atoms with Crippen LogP contribution in [-0.4, -0.2) is 41.8 Å². The predicted molar refractivity (Wildman–Crippen MR) is 63.8 cm³/mol. The second-order valence-electron chi connectivity index (χ2n) is 5.29. The Bertz CT molecular complexity index is 182. The van der Waals surface area contributed by atoms with Gasteiger partial charge < -0.3 is 15.7 Å². The van der Waals surface area contributed by atoms with E-state index in [0.29, 0.717) is 0 Å². The molecule has 1 rings (SSSR count). The fraction of sp³-hybridized carbons (Fsp3) is 1.00. The lowest BCUT2D eigenvalue weighted by Gasteiger charge is -2.30. The van der Waals surface area contributed by atoms with Gasteiger partial charge in [-0.2, -0.15) is 0 Å². The lowest BCUT2D eigenvalue weighted by atomic mass is 9.98. The van der Waals surface area contributed by atoms with Crippen LogP contribution in [0.4, 0.5) is 0 Å². The molecule has 3 nitrogen and oxygen atoms in total. The molecule has 2 unspecified atom stereocenters. The molecule has 90 valence electrons. The normalized spacial score (nSPS) is 28.4. The topological polar surface area (TPSA) is 49.5 Å². The number of rotatable bonds is 4. The standard InChI is InChI=1S/C12H26N2O/c1-3-11-5-4-7-14(8-6-11)9-12(2,13)10-15/h11,15H,3-10,13H2,1-2H3. The van der Waals surface area contributed by atoms with Crippen molar-refractivity contribution in [2.75, 3.05) is 26.2 Å². The fourth-order valence-corrected chi connectivity index (χ4v) is 2.35. The third-order valence-corrected chi connectivity index (χ3v) is 3.46. The van der Waals surface area contributed by atoms with E-state index < -0.39 is 5.54 Å². The molecule has 0 aromatic heterocycles. The van der Waals surface area contributed by atoms with Crippen molar-refractivity contribution in [3.8, 4) is 0 Å². The molecule has 0 aromatic carbocycles. The van der Waals surface area contributed by atoms with Crippen molar-refractivity contribution in [3.05, 3.63) is 0 Å². The zero-order valence-corrected chi connectivity index (χ0v) is 10.2. The number of aliphatic hydroxyl groups is 1. The Kier molecular flexibility index (Phi) is 5.03. The first-order valence-corrected chi connectivity index (χ1v) is 6.19. The highest BCUT2D eigenvalue weighted by Gasteiger charge is 2.23. The quantitative estimate of drug-likeness (QED) is 0.739. The lowest BCUT2D eigenvalue weighted by molar-refractivity contribution is 0.149. The highest BCUT2D eigenvalue weighted by Crippen LogP contribution is 2.20. The van der Waals surface area contributed by atoms with Crippen molar-refractivity contribution >= 4 is 0 Å². The summed E-state index contributed by atoms with van der Waals surface area (Å²) in [5.41, 5.74) is 5.53. The smallest absolute Gasteiger partial charge is 0.0621 e. The van der Waals surface area contributed by atoms with Crippen LogP contribution >= 0.6 is 0 Å². The molecule has 3 N–H and O–H groups in total. The molecule has 15 heavy (non-hydrogen) atoms. The number of hydrogen-bond donors (Lipinski definition) is 2. The summed E-state index contributed by atoms with van der Waals surface area (Å²) in [4.78, 5) is 2.41. The Morgan fingerprint density at radius 2 is 2.13 bits per heavy atom. The molecular weight excluding hydrogens is 188 g/mol. The molecule has 0 amide bonds. The average molecular weight is 214 g/mol. The summed E-state index contributed by atoms with van der Waals surface area (Å²) in [6.45, 7) is 7.38. The molecular formula is C12H26N2O. The van der Waals surface area contributed by atoms with Gasteiger partial charge in [-0.1, -0.05) is 13.3 Å². The van der Waals surface area contributed by atoms with Crippen LogP contribution in [0.25, 0.3) is 0 Å². The summed E-state index contributed by atoms with van der Waals surface area (Å²) in [6, 6.07) is 0.